The molecule has 1 aliphatic heterocycles. The Morgan fingerprint density at radius 1 is 1.00 bits per heavy atom. The topological polar surface area (TPSA) is 69.7 Å². The van der Waals surface area contributed by atoms with Crippen molar-refractivity contribution in [3.63, 3.8) is 0 Å². The summed E-state index contributed by atoms with van der Waals surface area (Å²) in [6, 6.07) is 3.83. The van der Waals surface area contributed by atoms with Crippen LogP contribution in [0.4, 0.5) is 30.7 Å². The summed E-state index contributed by atoms with van der Waals surface area (Å²) in [5.74, 6) is -3.10. The molecule has 2 unspecified atom stereocenters. The number of alkyl halides is 6. The molecule has 1 N–H and O–H groups in total. The predicted octanol–water partition coefficient (Wildman–Crippen LogP) is 4.76. The molecule has 0 radical (unpaired) electrons. The highest BCUT2D eigenvalue weighted by atomic mass is 19.4. The third-order valence-electron chi connectivity index (χ3n) is 6.70. The molecule has 2 aromatic rings. The Labute approximate surface area is 219 Å². The number of nitrogens with zero attached hydrogens (tertiary/aromatic N) is 2. The molecule has 6 nitrogen and oxygen atoms in total. The van der Waals surface area contributed by atoms with Gasteiger partial charge in [0, 0.05) is 44.6 Å². The molecule has 0 bridgehead atoms. The number of piperidine rings is 1. The van der Waals surface area contributed by atoms with Crippen molar-refractivity contribution in [2.75, 3.05) is 26.7 Å². The van der Waals surface area contributed by atoms with Crippen molar-refractivity contribution in [3.05, 3.63) is 70.0 Å². The lowest BCUT2D eigenvalue weighted by molar-refractivity contribution is -0.143. The van der Waals surface area contributed by atoms with Crippen molar-refractivity contribution in [1.29, 1.82) is 0 Å². The van der Waals surface area contributed by atoms with Crippen LogP contribution in [-0.2, 0) is 21.9 Å². The van der Waals surface area contributed by atoms with E-state index < -0.39 is 64.5 Å². The van der Waals surface area contributed by atoms with Crippen molar-refractivity contribution in [2.45, 2.75) is 44.6 Å². The van der Waals surface area contributed by atoms with E-state index in [0.717, 1.165) is 4.90 Å². The summed E-state index contributed by atoms with van der Waals surface area (Å²) in [4.78, 5) is 39.7. The summed E-state index contributed by atoms with van der Waals surface area (Å²) in [7, 11) is 1.27. The van der Waals surface area contributed by atoms with Crippen LogP contribution >= 0.6 is 0 Å². The second-order valence-electron chi connectivity index (χ2n) is 9.42. The SMILES string of the molecule is CC(=O)NCC(=O)N1CCC(N(C)C(=O)c2cc(C(F)(F)F)cc(C(F)(F)F)c2)C(c2ccc(F)cc2C)C1. The molecule has 3 rings (SSSR count). The van der Waals surface area contributed by atoms with E-state index in [1.54, 1.807) is 6.92 Å². The first-order valence-electron chi connectivity index (χ1n) is 11.8. The molecule has 13 heteroatoms. The minimum absolute atomic E-state index is 0.0174. The van der Waals surface area contributed by atoms with Gasteiger partial charge >= 0.3 is 12.4 Å². The molecule has 2 atom stereocenters. The lowest BCUT2D eigenvalue weighted by Crippen LogP contribution is -2.53. The van der Waals surface area contributed by atoms with Crippen molar-refractivity contribution in [1.82, 2.24) is 15.1 Å². The number of benzene rings is 2. The zero-order chi connectivity index (χ0) is 29.3. The largest absolute Gasteiger partial charge is 0.416 e. The van der Waals surface area contributed by atoms with Gasteiger partial charge in [0.25, 0.3) is 5.91 Å². The number of rotatable bonds is 5. The maximum absolute atomic E-state index is 13.8. The van der Waals surface area contributed by atoms with Gasteiger partial charge < -0.3 is 15.1 Å². The van der Waals surface area contributed by atoms with Gasteiger partial charge in [0.05, 0.1) is 17.7 Å². The normalized spacial score (nSPS) is 18.1. The smallest absolute Gasteiger partial charge is 0.347 e. The highest BCUT2D eigenvalue weighted by molar-refractivity contribution is 5.95. The molecule has 1 fully saturated rings. The highest BCUT2D eigenvalue weighted by Crippen LogP contribution is 2.38. The zero-order valence-electron chi connectivity index (χ0n) is 21.2. The first-order valence-corrected chi connectivity index (χ1v) is 11.8. The van der Waals surface area contributed by atoms with Crippen LogP contribution in [0.15, 0.2) is 36.4 Å². The minimum Gasteiger partial charge on any atom is -0.347 e. The van der Waals surface area contributed by atoms with Crippen molar-refractivity contribution < 1.29 is 45.1 Å². The predicted molar refractivity (Wildman–Crippen MR) is 126 cm³/mol. The molecule has 2 aromatic carbocycles. The number of carbonyl (C=O) groups is 3. The highest BCUT2D eigenvalue weighted by Gasteiger charge is 2.40. The fraction of sp³-hybridized carbons (Fsp3) is 0.423. The average molecular weight is 561 g/mol. The average Bonchev–Trinajstić information content (AvgIpc) is 2.84. The Hall–Kier alpha value is -3.64. The Balaban J connectivity index is 1.99. The molecule has 0 aliphatic carbocycles. The third-order valence-corrected chi connectivity index (χ3v) is 6.70. The van der Waals surface area contributed by atoms with Crippen molar-refractivity contribution in [3.8, 4) is 0 Å². The second kappa shape index (κ2) is 11.2. The van der Waals surface area contributed by atoms with Gasteiger partial charge in [-0.15, -0.1) is 0 Å². The summed E-state index contributed by atoms with van der Waals surface area (Å²) < 4.78 is 94.0. The van der Waals surface area contributed by atoms with Crippen LogP contribution in [-0.4, -0.2) is 60.2 Å². The number of halogens is 7. The van der Waals surface area contributed by atoms with E-state index in [-0.39, 0.29) is 32.1 Å². The molecule has 1 heterocycles. The first kappa shape index (κ1) is 29.9. The van der Waals surface area contributed by atoms with Gasteiger partial charge in [-0.3, -0.25) is 14.4 Å². The summed E-state index contributed by atoms with van der Waals surface area (Å²) in [5, 5.41) is 2.40. The van der Waals surface area contributed by atoms with Crippen molar-refractivity contribution >= 4 is 17.7 Å². The van der Waals surface area contributed by atoms with Gasteiger partial charge in [-0.25, -0.2) is 4.39 Å². The van der Waals surface area contributed by atoms with E-state index >= 15 is 0 Å². The van der Waals surface area contributed by atoms with E-state index in [9.17, 15) is 45.1 Å². The summed E-state index contributed by atoms with van der Waals surface area (Å²) in [5.41, 5.74) is -2.98. The number of hydrogen-bond acceptors (Lipinski definition) is 3. The lowest BCUT2D eigenvalue weighted by atomic mass is 9.82. The van der Waals surface area contributed by atoms with Crippen LogP contribution in [0.5, 0.6) is 0 Å². The molecule has 1 saturated heterocycles. The molecule has 1 aliphatic rings. The molecule has 39 heavy (non-hydrogen) atoms. The Bertz CT molecular complexity index is 1230. The number of likely N-dealkylation sites (N-methyl/N-ethyl adjacent to an activating group) is 1. The Morgan fingerprint density at radius 2 is 1.59 bits per heavy atom. The molecule has 3 amide bonds. The Kier molecular flexibility index (Phi) is 8.61. The number of amides is 3. The number of carbonyl (C=O) groups excluding carboxylic acids is 3. The summed E-state index contributed by atoms with van der Waals surface area (Å²) >= 11 is 0. The summed E-state index contributed by atoms with van der Waals surface area (Å²) in [6.07, 6.45) is -10.1. The fourth-order valence-electron chi connectivity index (χ4n) is 4.74. The van der Waals surface area contributed by atoms with Crippen LogP contribution in [0.2, 0.25) is 0 Å². The monoisotopic (exact) mass is 561 g/mol. The standard InChI is InChI=1S/C26H26F7N3O3/c1-14-8-19(27)4-5-20(14)21-13-36(23(38)12-34-15(2)37)7-6-22(21)35(3)24(39)16-9-17(25(28,29)30)11-18(10-16)26(31,32)33/h4-5,8-11,21-22H,6-7,12-13H2,1-3H3,(H,34,37). The van der Waals surface area contributed by atoms with E-state index in [2.05, 4.69) is 5.32 Å². The van der Waals surface area contributed by atoms with Crippen molar-refractivity contribution in [2.24, 2.45) is 0 Å². The van der Waals surface area contributed by atoms with Gasteiger partial charge in [0.2, 0.25) is 11.8 Å². The number of likely N-dealkylation sites (tertiary alicyclic amines) is 1. The molecule has 0 spiro atoms. The molecule has 0 aromatic heterocycles. The fourth-order valence-corrected chi connectivity index (χ4v) is 4.74. The van der Waals surface area contributed by atoms with Crippen LogP contribution in [0.3, 0.4) is 0 Å². The second-order valence-corrected chi connectivity index (χ2v) is 9.42. The molecular formula is C26H26F7N3O3. The number of aryl methyl sites for hydroxylation is 1. The van der Waals surface area contributed by atoms with Gasteiger partial charge in [-0.05, 0) is 54.8 Å². The van der Waals surface area contributed by atoms with Gasteiger partial charge in [0.1, 0.15) is 5.82 Å². The van der Waals surface area contributed by atoms with Crippen LogP contribution < -0.4 is 5.32 Å². The lowest BCUT2D eigenvalue weighted by Gasteiger charge is -2.43. The van der Waals surface area contributed by atoms with Gasteiger partial charge in [-0.1, -0.05) is 6.07 Å². The van der Waals surface area contributed by atoms with E-state index in [4.69, 9.17) is 0 Å². The van der Waals surface area contributed by atoms with Gasteiger partial charge in [-0.2, -0.15) is 26.3 Å². The quantitative estimate of drug-likeness (QED) is 0.536. The number of hydrogen-bond donors (Lipinski definition) is 1. The van der Waals surface area contributed by atoms with E-state index in [1.807, 2.05) is 0 Å². The first-order chi connectivity index (χ1) is 18.0. The van der Waals surface area contributed by atoms with Crippen LogP contribution in [0.1, 0.15) is 51.9 Å². The molecule has 0 saturated carbocycles. The molecule has 212 valence electrons. The molecular weight excluding hydrogens is 535 g/mol. The Morgan fingerprint density at radius 3 is 2.10 bits per heavy atom. The van der Waals surface area contributed by atoms with E-state index in [1.165, 1.54) is 37.1 Å². The van der Waals surface area contributed by atoms with Crippen LogP contribution in [0.25, 0.3) is 0 Å². The number of nitrogens with one attached hydrogen (secondary N) is 1. The minimum atomic E-state index is -5.12. The zero-order valence-corrected chi connectivity index (χ0v) is 21.2. The van der Waals surface area contributed by atoms with E-state index in [0.29, 0.717) is 23.3 Å². The maximum atomic E-state index is 13.8. The summed E-state index contributed by atoms with van der Waals surface area (Å²) in [6.45, 7) is 2.69. The van der Waals surface area contributed by atoms with Gasteiger partial charge in [0.15, 0.2) is 0 Å². The van der Waals surface area contributed by atoms with Crippen LogP contribution in [0, 0.1) is 12.7 Å². The third kappa shape index (κ3) is 7.07. The maximum Gasteiger partial charge on any atom is 0.416 e.